The molecule has 1 aromatic heterocycles. The van der Waals surface area contributed by atoms with Crippen LogP contribution in [-0.2, 0) is 17.8 Å². The molecular formula is C31H28N4OS. The Balaban J connectivity index is 1.37. The minimum Gasteiger partial charge on any atom is -0.344 e. The number of benzene rings is 4. The zero-order chi connectivity index (χ0) is 25.3. The molecule has 0 saturated carbocycles. The van der Waals surface area contributed by atoms with Gasteiger partial charge in [0.05, 0.1) is 12.6 Å². The lowest BCUT2D eigenvalue weighted by Gasteiger charge is -2.24. The van der Waals surface area contributed by atoms with Crippen LogP contribution in [0.5, 0.6) is 0 Å². The van der Waals surface area contributed by atoms with Crippen molar-refractivity contribution in [3.05, 3.63) is 149 Å². The van der Waals surface area contributed by atoms with E-state index in [1.165, 1.54) is 11.5 Å². The van der Waals surface area contributed by atoms with Crippen molar-refractivity contribution in [1.29, 1.82) is 0 Å². The lowest BCUT2D eigenvalue weighted by Crippen LogP contribution is -2.39. The van der Waals surface area contributed by atoms with Gasteiger partial charge in [0.15, 0.2) is 0 Å². The normalized spacial score (nSPS) is 10.8. The molecule has 0 radical (unpaired) electrons. The fraction of sp³-hybridized carbons (Fsp3) is 0.129. The van der Waals surface area contributed by atoms with E-state index in [1.54, 1.807) is 0 Å². The van der Waals surface area contributed by atoms with E-state index in [0.29, 0.717) is 13.0 Å². The largest absolute Gasteiger partial charge is 0.344 e. The van der Waals surface area contributed by atoms with Gasteiger partial charge in [-0.3, -0.25) is 4.79 Å². The molecular weight excluding hydrogens is 476 g/mol. The molecule has 0 aliphatic carbocycles. The lowest BCUT2D eigenvalue weighted by atomic mass is 9.99. The van der Waals surface area contributed by atoms with Crippen molar-refractivity contribution in [3.8, 4) is 0 Å². The molecule has 5 nitrogen and oxygen atoms in total. The van der Waals surface area contributed by atoms with Crippen molar-refractivity contribution < 1.29 is 4.79 Å². The summed E-state index contributed by atoms with van der Waals surface area (Å²) < 4.78 is 4.59. The van der Waals surface area contributed by atoms with E-state index in [0.717, 1.165) is 33.2 Å². The second-order valence-corrected chi connectivity index (χ2v) is 9.55. The van der Waals surface area contributed by atoms with Gasteiger partial charge in [-0.05, 0) is 22.3 Å². The topological polar surface area (TPSA) is 58.1 Å². The smallest absolute Gasteiger partial charge is 0.240 e. The predicted octanol–water partition coefficient (Wildman–Crippen LogP) is 6.04. The third kappa shape index (κ3) is 6.68. The molecule has 184 valence electrons. The summed E-state index contributed by atoms with van der Waals surface area (Å²) in [6, 6.07) is 40.2. The first-order chi connectivity index (χ1) is 18.2. The molecule has 6 heteroatoms. The van der Waals surface area contributed by atoms with E-state index >= 15 is 0 Å². The lowest BCUT2D eigenvalue weighted by molar-refractivity contribution is -0.120. The van der Waals surface area contributed by atoms with Gasteiger partial charge in [0.1, 0.15) is 5.82 Å². The molecule has 1 N–H and O–H groups in total. The number of rotatable bonds is 10. The Hall–Kier alpha value is -4.29. The summed E-state index contributed by atoms with van der Waals surface area (Å²) in [6.45, 7) is 0.737. The number of nitrogens with zero attached hydrogens (tertiary/aromatic N) is 3. The molecule has 0 spiro atoms. The Morgan fingerprint density at radius 2 is 1.24 bits per heavy atom. The van der Waals surface area contributed by atoms with Crippen molar-refractivity contribution in [2.45, 2.75) is 19.0 Å². The number of anilines is 1. The third-order valence-electron chi connectivity index (χ3n) is 6.05. The number of amides is 1. The maximum Gasteiger partial charge on any atom is 0.240 e. The molecule has 0 aliphatic heterocycles. The average molecular weight is 505 g/mol. The minimum absolute atomic E-state index is 0.0755. The van der Waals surface area contributed by atoms with Crippen LogP contribution in [0.2, 0.25) is 0 Å². The quantitative estimate of drug-likeness (QED) is 0.252. The third-order valence-corrected chi connectivity index (χ3v) is 6.87. The van der Waals surface area contributed by atoms with Crippen LogP contribution in [0, 0.1) is 0 Å². The van der Waals surface area contributed by atoms with Crippen molar-refractivity contribution in [1.82, 2.24) is 14.7 Å². The van der Waals surface area contributed by atoms with Gasteiger partial charge in [-0.2, -0.15) is 4.37 Å². The Morgan fingerprint density at radius 1 is 0.730 bits per heavy atom. The van der Waals surface area contributed by atoms with Gasteiger partial charge >= 0.3 is 0 Å². The minimum atomic E-state index is -0.239. The molecule has 0 saturated heterocycles. The first-order valence-corrected chi connectivity index (χ1v) is 13.1. The number of hydrogen-bond acceptors (Lipinski definition) is 5. The van der Waals surface area contributed by atoms with Gasteiger partial charge in [0, 0.05) is 24.5 Å². The fourth-order valence-electron chi connectivity index (χ4n) is 4.25. The van der Waals surface area contributed by atoms with E-state index in [2.05, 4.69) is 34.0 Å². The first-order valence-electron chi connectivity index (χ1n) is 12.3. The Morgan fingerprint density at radius 3 is 1.81 bits per heavy atom. The van der Waals surface area contributed by atoms with Gasteiger partial charge in [0.25, 0.3) is 0 Å². The van der Waals surface area contributed by atoms with Crippen molar-refractivity contribution >= 4 is 22.6 Å². The summed E-state index contributed by atoms with van der Waals surface area (Å²) in [5.74, 6) is 0.685. The van der Waals surface area contributed by atoms with Crippen LogP contribution in [-0.4, -0.2) is 21.8 Å². The van der Waals surface area contributed by atoms with Crippen LogP contribution >= 0.6 is 11.5 Å². The summed E-state index contributed by atoms with van der Waals surface area (Å²) in [4.78, 5) is 20.3. The van der Waals surface area contributed by atoms with Gasteiger partial charge in [-0.25, -0.2) is 4.98 Å². The fourth-order valence-corrected chi connectivity index (χ4v) is 4.93. The summed E-state index contributed by atoms with van der Waals surface area (Å²) in [5, 5.41) is 4.00. The van der Waals surface area contributed by atoms with E-state index < -0.39 is 0 Å². The Labute approximate surface area is 221 Å². The second-order valence-electron chi connectivity index (χ2n) is 8.82. The first kappa shape index (κ1) is 24.4. The SMILES string of the molecule is O=C(CN(Cc1ccccc1)c1nc(Cc2ccccc2)ns1)NC(c1ccccc1)c1ccccc1. The van der Waals surface area contributed by atoms with E-state index in [9.17, 15) is 4.79 Å². The van der Waals surface area contributed by atoms with E-state index in [4.69, 9.17) is 4.98 Å². The van der Waals surface area contributed by atoms with Crippen molar-refractivity contribution in [2.75, 3.05) is 11.4 Å². The summed E-state index contributed by atoms with van der Waals surface area (Å²) in [6.07, 6.45) is 0.660. The van der Waals surface area contributed by atoms with Crippen LogP contribution in [0.25, 0.3) is 0 Å². The number of carbonyl (C=O) groups excluding carboxylic acids is 1. The number of aromatic nitrogens is 2. The highest BCUT2D eigenvalue weighted by Gasteiger charge is 2.21. The molecule has 1 heterocycles. The second kappa shape index (κ2) is 12.1. The van der Waals surface area contributed by atoms with Crippen molar-refractivity contribution in [3.63, 3.8) is 0 Å². The summed E-state index contributed by atoms with van der Waals surface area (Å²) in [7, 11) is 0. The molecule has 0 aliphatic rings. The average Bonchev–Trinajstić information content (AvgIpc) is 3.42. The molecule has 0 fully saturated rings. The highest BCUT2D eigenvalue weighted by atomic mass is 32.1. The number of carbonyl (C=O) groups is 1. The highest BCUT2D eigenvalue weighted by Crippen LogP contribution is 2.24. The molecule has 1 amide bonds. The van der Waals surface area contributed by atoms with Crippen LogP contribution in [0.1, 0.15) is 34.1 Å². The molecule has 0 bridgehead atoms. The highest BCUT2D eigenvalue weighted by molar-refractivity contribution is 7.09. The summed E-state index contributed by atoms with van der Waals surface area (Å²) in [5.41, 5.74) is 4.35. The maximum absolute atomic E-state index is 13.5. The maximum atomic E-state index is 13.5. The van der Waals surface area contributed by atoms with Crippen molar-refractivity contribution in [2.24, 2.45) is 0 Å². The van der Waals surface area contributed by atoms with E-state index in [1.807, 2.05) is 102 Å². The van der Waals surface area contributed by atoms with Crippen LogP contribution in [0.4, 0.5) is 5.13 Å². The predicted molar refractivity (Wildman–Crippen MR) is 150 cm³/mol. The molecule has 5 aromatic rings. The molecule has 0 unspecified atom stereocenters. The molecule has 4 aromatic carbocycles. The number of nitrogens with one attached hydrogen (secondary N) is 1. The van der Waals surface area contributed by atoms with E-state index in [-0.39, 0.29) is 18.5 Å². The Kier molecular flexibility index (Phi) is 7.98. The number of hydrogen-bond donors (Lipinski definition) is 1. The molecule has 37 heavy (non-hydrogen) atoms. The molecule has 5 rings (SSSR count). The zero-order valence-corrected chi connectivity index (χ0v) is 21.2. The molecule has 0 atom stereocenters. The van der Waals surface area contributed by atoms with Gasteiger partial charge < -0.3 is 10.2 Å². The van der Waals surface area contributed by atoms with Gasteiger partial charge in [-0.1, -0.05) is 121 Å². The van der Waals surface area contributed by atoms with Crippen LogP contribution < -0.4 is 10.2 Å². The summed E-state index contributed by atoms with van der Waals surface area (Å²) >= 11 is 1.33. The standard InChI is InChI=1S/C31H28N4OS/c36-29(33-30(26-17-9-3-10-18-26)27-19-11-4-12-20-27)23-35(22-25-15-7-2-8-16-25)31-32-28(34-37-31)21-24-13-5-1-6-14-24/h1-20,30H,21-23H2,(H,33,36). The monoisotopic (exact) mass is 504 g/mol. The van der Waals surface area contributed by atoms with Gasteiger partial charge in [0.2, 0.25) is 11.0 Å². The Bertz CT molecular complexity index is 1350. The van der Waals surface area contributed by atoms with Crippen LogP contribution in [0.3, 0.4) is 0 Å². The van der Waals surface area contributed by atoms with Crippen LogP contribution in [0.15, 0.2) is 121 Å². The van der Waals surface area contributed by atoms with Gasteiger partial charge in [-0.15, -0.1) is 0 Å². The zero-order valence-electron chi connectivity index (χ0n) is 20.4.